The van der Waals surface area contributed by atoms with Gasteiger partial charge < -0.3 is 14.6 Å². The Bertz CT molecular complexity index is 231. The van der Waals surface area contributed by atoms with E-state index in [1.165, 1.54) is 11.3 Å². The van der Waals surface area contributed by atoms with Crippen LogP contribution in [-0.2, 0) is 9.47 Å². The van der Waals surface area contributed by atoms with Crippen LogP contribution in [0.4, 0.5) is 0 Å². The van der Waals surface area contributed by atoms with Crippen LogP contribution in [0.3, 0.4) is 0 Å². The molecule has 0 unspecified atom stereocenters. The van der Waals surface area contributed by atoms with E-state index in [0.717, 1.165) is 5.01 Å². The Morgan fingerprint density at radius 3 is 2.83 bits per heavy atom. The number of nitrogens with zero attached hydrogens (tertiary/aromatic N) is 1. The van der Waals surface area contributed by atoms with Crippen molar-refractivity contribution >= 4 is 11.3 Å². The summed E-state index contributed by atoms with van der Waals surface area (Å²) in [6.45, 7) is 0.647. The zero-order chi connectivity index (χ0) is 8.39. The number of rotatable bonds is 1. The first-order valence-electron chi connectivity index (χ1n) is 3.67. The Morgan fingerprint density at radius 2 is 2.25 bits per heavy atom. The van der Waals surface area contributed by atoms with Crippen LogP contribution in [0.5, 0.6) is 0 Å². The number of hydrogen-bond donors (Lipinski definition) is 1. The predicted octanol–water partition coefficient (Wildman–Crippen LogP) is 0.549. The summed E-state index contributed by atoms with van der Waals surface area (Å²) in [6.07, 6.45) is 0.826. The predicted molar refractivity (Wildman–Crippen MR) is 42.8 cm³/mol. The SMILES string of the molecule is OC1COC(c2nccs2)OC1. The fourth-order valence-electron chi connectivity index (χ4n) is 0.987. The molecule has 0 saturated carbocycles. The van der Waals surface area contributed by atoms with Crippen molar-refractivity contribution in [3.8, 4) is 0 Å². The smallest absolute Gasteiger partial charge is 0.211 e. The van der Waals surface area contributed by atoms with Gasteiger partial charge in [-0.2, -0.15) is 0 Å². The van der Waals surface area contributed by atoms with Crippen molar-refractivity contribution in [1.82, 2.24) is 4.98 Å². The molecule has 2 rings (SSSR count). The van der Waals surface area contributed by atoms with E-state index in [-0.39, 0.29) is 6.29 Å². The van der Waals surface area contributed by atoms with Crippen molar-refractivity contribution in [3.05, 3.63) is 16.6 Å². The van der Waals surface area contributed by atoms with Gasteiger partial charge in [-0.15, -0.1) is 11.3 Å². The lowest BCUT2D eigenvalue weighted by molar-refractivity contribution is -0.220. The van der Waals surface area contributed by atoms with Crippen LogP contribution in [0.15, 0.2) is 11.6 Å². The molecule has 0 atom stereocenters. The van der Waals surface area contributed by atoms with Crippen LogP contribution in [0.25, 0.3) is 0 Å². The fraction of sp³-hybridized carbons (Fsp3) is 0.571. The van der Waals surface area contributed by atoms with Gasteiger partial charge in [-0.25, -0.2) is 4.98 Å². The van der Waals surface area contributed by atoms with E-state index >= 15 is 0 Å². The lowest BCUT2D eigenvalue weighted by atomic mass is 10.4. The third kappa shape index (κ3) is 1.64. The normalized spacial score (nSPS) is 30.4. The number of hydrogen-bond acceptors (Lipinski definition) is 5. The van der Waals surface area contributed by atoms with Gasteiger partial charge >= 0.3 is 0 Å². The maximum absolute atomic E-state index is 9.06. The van der Waals surface area contributed by atoms with Gasteiger partial charge in [0.05, 0.1) is 13.2 Å². The van der Waals surface area contributed by atoms with Crippen molar-refractivity contribution in [2.24, 2.45) is 0 Å². The average molecular weight is 187 g/mol. The summed E-state index contributed by atoms with van der Waals surface area (Å²) >= 11 is 1.49. The van der Waals surface area contributed by atoms with Crippen LogP contribution in [0.1, 0.15) is 11.3 Å². The maximum Gasteiger partial charge on any atom is 0.211 e. The van der Waals surface area contributed by atoms with E-state index in [1.807, 2.05) is 5.38 Å². The summed E-state index contributed by atoms with van der Waals surface area (Å²) in [6, 6.07) is 0. The molecule has 0 aromatic carbocycles. The lowest BCUT2D eigenvalue weighted by Gasteiger charge is -2.24. The molecule has 66 valence electrons. The molecular formula is C7H9NO3S. The Kier molecular flexibility index (Phi) is 2.36. The van der Waals surface area contributed by atoms with E-state index in [9.17, 15) is 0 Å². The monoisotopic (exact) mass is 187 g/mol. The Balaban J connectivity index is 1.99. The van der Waals surface area contributed by atoms with Gasteiger partial charge in [0.2, 0.25) is 6.29 Å². The van der Waals surface area contributed by atoms with Crippen LogP contribution in [0.2, 0.25) is 0 Å². The Hall–Kier alpha value is -0.490. The first kappa shape index (κ1) is 8.12. The van der Waals surface area contributed by atoms with Gasteiger partial charge in [0.15, 0.2) is 0 Å². The molecule has 1 aromatic heterocycles. The summed E-state index contributed by atoms with van der Waals surface area (Å²) in [5.41, 5.74) is 0. The van der Waals surface area contributed by atoms with Crippen molar-refractivity contribution in [2.45, 2.75) is 12.4 Å². The van der Waals surface area contributed by atoms with Crippen LogP contribution >= 0.6 is 11.3 Å². The highest BCUT2D eigenvalue weighted by molar-refractivity contribution is 7.09. The lowest BCUT2D eigenvalue weighted by Crippen LogP contribution is -2.30. The van der Waals surface area contributed by atoms with Gasteiger partial charge in [0.25, 0.3) is 0 Å². The Labute approximate surface area is 73.8 Å². The third-order valence-corrected chi connectivity index (χ3v) is 2.33. The van der Waals surface area contributed by atoms with Crippen LogP contribution in [0, 0.1) is 0 Å². The highest BCUT2D eigenvalue weighted by Crippen LogP contribution is 2.24. The maximum atomic E-state index is 9.06. The minimum Gasteiger partial charge on any atom is -0.388 e. The molecule has 5 heteroatoms. The standard InChI is InChI=1S/C7H9NO3S/c9-5-3-10-7(11-4-5)6-8-1-2-12-6/h1-2,5,7,9H,3-4H2. The molecule has 0 amide bonds. The highest BCUT2D eigenvalue weighted by Gasteiger charge is 2.23. The quantitative estimate of drug-likeness (QED) is 0.697. The van der Waals surface area contributed by atoms with Crippen LogP contribution in [-0.4, -0.2) is 29.4 Å². The molecule has 1 aliphatic rings. The number of aliphatic hydroxyl groups is 1. The Morgan fingerprint density at radius 1 is 1.50 bits per heavy atom. The zero-order valence-corrected chi connectivity index (χ0v) is 7.16. The van der Waals surface area contributed by atoms with Crippen molar-refractivity contribution in [3.63, 3.8) is 0 Å². The topological polar surface area (TPSA) is 51.6 Å². The molecule has 1 aromatic rings. The number of ether oxygens (including phenoxy) is 2. The van der Waals surface area contributed by atoms with Crippen LogP contribution < -0.4 is 0 Å². The molecule has 1 fully saturated rings. The first-order chi connectivity index (χ1) is 5.86. The summed E-state index contributed by atoms with van der Waals surface area (Å²) < 4.78 is 10.4. The third-order valence-electron chi connectivity index (χ3n) is 1.53. The molecule has 12 heavy (non-hydrogen) atoms. The van der Waals surface area contributed by atoms with E-state index in [0.29, 0.717) is 13.2 Å². The summed E-state index contributed by atoms with van der Waals surface area (Å²) in [5.74, 6) is 0. The molecule has 0 bridgehead atoms. The van der Waals surface area contributed by atoms with E-state index < -0.39 is 6.10 Å². The van der Waals surface area contributed by atoms with E-state index in [4.69, 9.17) is 14.6 Å². The molecule has 1 saturated heterocycles. The summed E-state index contributed by atoms with van der Waals surface area (Å²) in [4.78, 5) is 4.05. The molecule has 2 heterocycles. The molecule has 1 aliphatic heterocycles. The highest BCUT2D eigenvalue weighted by atomic mass is 32.1. The zero-order valence-electron chi connectivity index (χ0n) is 6.34. The van der Waals surface area contributed by atoms with Crippen molar-refractivity contribution < 1.29 is 14.6 Å². The largest absolute Gasteiger partial charge is 0.388 e. The van der Waals surface area contributed by atoms with E-state index in [2.05, 4.69) is 4.98 Å². The molecule has 0 aliphatic carbocycles. The molecule has 0 spiro atoms. The van der Waals surface area contributed by atoms with Gasteiger partial charge in [0, 0.05) is 11.6 Å². The second kappa shape index (κ2) is 3.49. The van der Waals surface area contributed by atoms with Gasteiger partial charge in [0.1, 0.15) is 11.1 Å². The number of aliphatic hydroxyl groups excluding tert-OH is 1. The molecular weight excluding hydrogens is 178 g/mol. The second-order valence-electron chi connectivity index (χ2n) is 2.52. The first-order valence-corrected chi connectivity index (χ1v) is 4.55. The van der Waals surface area contributed by atoms with Crippen molar-refractivity contribution in [1.29, 1.82) is 0 Å². The van der Waals surface area contributed by atoms with E-state index in [1.54, 1.807) is 6.20 Å². The minimum absolute atomic E-state index is 0.324. The van der Waals surface area contributed by atoms with Crippen molar-refractivity contribution in [2.75, 3.05) is 13.2 Å². The summed E-state index contributed by atoms with van der Waals surface area (Å²) in [7, 11) is 0. The second-order valence-corrected chi connectivity index (χ2v) is 3.45. The number of thiazole rings is 1. The minimum atomic E-state index is -0.499. The fourth-order valence-corrected chi connectivity index (χ4v) is 1.62. The average Bonchev–Trinajstić information content (AvgIpc) is 2.58. The molecule has 4 nitrogen and oxygen atoms in total. The summed E-state index contributed by atoms with van der Waals surface area (Å²) in [5, 5.41) is 11.7. The van der Waals surface area contributed by atoms with Gasteiger partial charge in [-0.1, -0.05) is 0 Å². The molecule has 1 N–H and O–H groups in total. The van der Waals surface area contributed by atoms with Gasteiger partial charge in [-0.05, 0) is 0 Å². The van der Waals surface area contributed by atoms with Gasteiger partial charge in [-0.3, -0.25) is 0 Å². The number of aromatic nitrogens is 1. The molecule has 0 radical (unpaired) electrons.